The van der Waals surface area contributed by atoms with Gasteiger partial charge in [-0.2, -0.15) is 13.2 Å². The van der Waals surface area contributed by atoms with Crippen molar-refractivity contribution in [3.63, 3.8) is 0 Å². The van der Waals surface area contributed by atoms with E-state index >= 15 is 0 Å². The summed E-state index contributed by atoms with van der Waals surface area (Å²) in [6.45, 7) is 0.849. The molecule has 1 aliphatic heterocycles. The Hall–Kier alpha value is -1.07. The van der Waals surface area contributed by atoms with Crippen molar-refractivity contribution in [2.45, 2.75) is 44.0 Å². The van der Waals surface area contributed by atoms with Gasteiger partial charge >= 0.3 is 6.18 Å². The Bertz CT molecular complexity index is 495. The summed E-state index contributed by atoms with van der Waals surface area (Å²) >= 11 is 0. The minimum absolute atomic E-state index is 0.0471. The van der Waals surface area contributed by atoms with Crippen molar-refractivity contribution < 1.29 is 18.3 Å². The normalized spacial score (nSPS) is 28.4. The largest absolute Gasteiger partial charge is 0.391 e. The van der Waals surface area contributed by atoms with Gasteiger partial charge in [0, 0.05) is 6.04 Å². The highest BCUT2D eigenvalue weighted by atomic mass is 19.4. The Morgan fingerprint density at radius 2 is 1.71 bits per heavy atom. The molecule has 1 saturated heterocycles. The van der Waals surface area contributed by atoms with Crippen LogP contribution in [-0.4, -0.2) is 35.3 Å². The Morgan fingerprint density at radius 3 is 2.38 bits per heavy atom. The van der Waals surface area contributed by atoms with Gasteiger partial charge < -0.3 is 5.11 Å². The maximum Gasteiger partial charge on any atom is 0.391 e. The summed E-state index contributed by atoms with van der Waals surface area (Å²) in [7, 11) is 0. The number of rotatable bonds is 1. The molecule has 1 aliphatic carbocycles. The van der Waals surface area contributed by atoms with Crippen molar-refractivity contribution >= 4 is 0 Å². The minimum Gasteiger partial charge on any atom is -0.387 e. The highest BCUT2D eigenvalue weighted by Crippen LogP contribution is 2.38. The lowest BCUT2D eigenvalue weighted by molar-refractivity contribution is -0.187. The second kappa shape index (κ2) is 5.61. The molecule has 0 saturated carbocycles. The SMILES string of the molecule is OC1c2ccccc2CCC1N1CCC(C(F)(F)F)CC1. The van der Waals surface area contributed by atoms with E-state index in [-0.39, 0.29) is 18.9 Å². The number of benzene rings is 1. The lowest BCUT2D eigenvalue weighted by Crippen LogP contribution is -2.48. The molecule has 1 aromatic carbocycles. The number of nitrogens with zero attached hydrogens (tertiary/aromatic N) is 1. The molecule has 3 rings (SSSR count). The summed E-state index contributed by atoms with van der Waals surface area (Å²) in [5.41, 5.74) is 2.10. The summed E-state index contributed by atoms with van der Waals surface area (Å²) < 4.78 is 38.1. The predicted octanol–water partition coefficient (Wildman–Crippen LogP) is 3.31. The molecule has 21 heavy (non-hydrogen) atoms. The first-order valence-corrected chi connectivity index (χ1v) is 7.53. The van der Waals surface area contributed by atoms with Crippen LogP contribution in [0.1, 0.15) is 36.5 Å². The van der Waals surface area contributed by atoms with Gasteiger partial charge in [-0.25, -0.2) is 0 Å². The van der Waals surface area contributed by atoms with E-state index in [1.54, 1.807) is 0 Å². The third kappa shape index (κ3) is 2.94. The summed E-state index contributed by atoms with van der Waals surface area (Å²) in [4.78, 5) is 2.04. The van der Waals surface area contributed by atoms with Crippen LogP contribution in [0.3, 0.4) is 0 Å². The number of aryl methyl sites for hydroxylation is 1. The Labute approximate surface area is 122 Å². The molecule has 1 fully saturated rings. The fourth-order valence-electron chi connectivity index (χ4n) is 3.66. The van der Waals surface area contributed by atoms with Crippen molar-refractivity contribution in [2.24, 2.45) is 5.92 Å². The van der Waals surface area contributed by atoms with Gasteiger partial charge in [-0.15, -0.1) is 0 Å². The summed E-state index contributed by atoms with van der Waals surface area (Å²) in [5.74, 6) is -1.18. The van der Waals surface area contributed by atoms with Crippen molar-refractivity contribution in [3.8, 4) is 0 Å². The molecular formula is C16H20F3NO. The van der Waals surface area contributed by atoms with E-state index in [1.807, 2.05) is 29.2 Å². The van der Waals surface area contributed by atoms with E-state index in [0.717, 1.165) is 24.0 Å². The molecule has 2 atom stereocenters. The second-order valence-electron chi connectivity index (χ2n) is 6.10. The van der Waals surface area contributed by atoms with Crippen LogP contribution in [0, 0.1) is 5.92 Å². The zero-order chi connectivity index (χ0) is 15.0. The molecule has 1 heterocycles. The molecule has 1 N–H and O–H groups in total. The first-order chi connectivity index (χ1) is 9.97. The quantitative estimate of drug-likeness (QED) is 0.860. The first kappa shape index (κ1) is 14.9. The molecule has 0 spiro atoms. The van der Waals surface area contributed by atoms with Crippen LogP contribution in [0.5, 0.6) is 0 Å². The van der Waals surface area contributed by atoms with Crippen LogP contribution in [0.15, 0.2) is 24.3 Å². The zero-order valence-electron chi connectivity index (χ0n) is 11.8. The molecular weight excluding hydrogens is 279 g/mol. The molecule has 5 heteroatoms. The van der Waals surface area contributed by atoms with Crippen molar-refractivity contribution in [3.05, 3.63) is 35.4 Å². The number of hydrogen-bond acceptors (Lipinski definition) is 2. The van der Waals surface area contributed by atoms with E-state index in [0.29, 0.717) is 13.1 Å². The average molecular weight is 299 g/mol. The summed E-state index contributed by atoms with van der Waals surface area (Å²) in [6.07, 6.45) is -2.67. The van der Waals surface area contributed by atoms with Gasteiger partial charge in [0.25, 0.3) is 0 Å². The van der Waals surface area contributed by atoms with E-state index in [4.69, 9.17) is 0 Å². The Morgan fingerprint density at radius 1 is 1.05 bits per heavy atom. The van der Waals surface area contributed by atoms with E-state index < -0.39 is 18.2 Å². The highest BCUT2D eigenvalue weighted by molar-refractivity contribution is 5.32. The molecule has 0 radical (unpaired) electrons. The molecule has 0 amide bonds. The van der Waals surface area contributed by atoms with Gasteiger partial charge in [-0.1, -0.05) is 24.3 Å². The molecule has 116 valence electrons. The molecule has 2 nitrogen and oxygen atoms in total. The van der Waals surface area contributed by atoms with Crippen LogP contribution >= 0.6 is 0 Å². The van der Waals surface area contributed by atoms with Crippen molar-refractivity contribution in [1.82, 2.24) is 4.90 Å². The van der Waals surface area contributed by atoms with Crippen molar-refractivity contribution in [1.29, 1.82) is 0 Å². The Kier molecular flexibility index (Phi) is 3.97. The fraction of sp³-hybridized carbons (Fsp3) is 0.625. The number of hydrogen-bond donors (Lipinski definition) is 1. The van der Waals surface area contributed by atoms with Crippen LogP contribution in [0.25, 0.3) is 0 Å². The van der Waals surface area contributed by atoms with Gasteiger partial charge in [0.05, 0.1) is 12.0 Å². The molecule has 2 unspecified atom stereocenters. The van der Waals surface area contributed by atoms with E-state index in [1.165, 1.54) is 0 Å². The van der Waals surface area contributed by atoms with Crippen molar-refractivity contribution in [2.75, 3.05) is 13.1 Å². The smallest absolute Gasteiger partial charge is 0.387 e. The maximum atomic E-state index is 12.7. The zero-order valence-corrected chi connectivity index (χ0v) is 11.8. The third-order valence-corrected chi connectivity index (χ3v) is 4.91. The standard InChI is InChI=1S/C16H20F3NO/c17-16(18,19)12-7-9-20(10-8-12)14-6-5-11-3-1-2-4-13(11)15(14)21/h1-4,12,14-15,21H,5-10H2. The van der Waals surface area contributed by atoms with Crippen LogP contribution in [-0.2, 0) is 6.42 Å². The minimum atomic E-state index is -4.08. The number of aliphatic hydroxyl groups excluding tert-OH is 1. The molecule has 0 bridgehead atoms. The maximum absolute atomic E-state index is 12.7. The van der Waals surface area contributed by atoms with Gasteiger partial charge in [-0.3, -0.25) is 4.90 Å². The molecule has 0 aromatic heterocycles. The molecule has 2 aliphatic rings. The van der Waals surface area contributed by atoms with Crippen LogP contribution in [0.4, 0.5) is 13.2 Å². The lowest BCUT2D eigenvalue weighted by Gasteiger charge is -2.42. The van der Waals surface area contributed by atoms with Gasteiger partial charge in [0.15, 0.2) is 0 Å². The average Bonchev–Trinajstić information content (AvgIpc) is 2.47. The van der Waals surface area contributed by atoms with Gasteiger partial charge in [0.1, 0.15) is 0 Å². The number of alkyl halides is 3. The number of halogens is 3. The third-order valence-electron chi connectivity index (χ3n) is 4.91. The fourth-order valence-corrected chi connectivity index (χ4v) is 3.66. The number of aliphatic hydroxyl groups is 1. The number of piperidine rings is 1. The summed E-state index contributed by atoms with van der Waals surface area (Å²) in [6, 6.07) is 7.76. The monoisotopic (exact) mass is 299 g/mol. The van der Waals surface area contributed by atoms with Gasteiger partial charge in [0.2, 0.25) is 0 Å². The first-order valence-electron chi connectivity index (χ1n) is 7.53. The van der Waals surface area contributed by atoms with Gasteiger partial charge in [-0.05, 0) is 49.9 Å². The predicted molar refractivity (Wildman–Crippen MR) is 73.9 cm³/mol. The lowest BCUT2D eigenvalue weighted by atomic mass is 9.83. The van der Waals surface area contributed by atoms with Crippen LogP contribution < -0.4 is 0 Å². The summed E-state index contributed by atoms with van der Waals surface area (Å²) in [5, 5.41) is 10.5. The second-order valence-corrected chi connectivity index (χ2v) is 6.10. The van der Waals surface area contributed by atoms with E-state index in [9.17, 15) is 18.3 Å². The topological polar surface area (TPSA) is 23.5 Å². The van der Waals surface area contributed by atoms with Crippen LogP contribution in [0.2, 0.25) is 0 Å². The highest BCUT2D eigenvalue weighted by Gasteiger charge is 2.43. The number of fused-ring (bicyclic) bond motifs is 1. The Balaban J connectivity index is 1.67. The van der Waals surface area contributed by atoms with E-state index in [2.05, 4.69) is 0 Å². The molecule has 1 aromatic rings. The number of likely N-dealkylation sites (tertiary alicyclic amines) is 1.